The van der Waals surface area contributed by atoms with Gasteiger partial charge in [-0.2, -0.15) is 0 Å². The van der Waals surface area contributed by atoms with Crippen molar-refractivity contribution in [2.75, 3.05) is 12.4 Å². The molecule has 0 unspecified atom stereocenters. The molecule has 0 spiro atoms. The molecule has 1 aliphatic rings. The molecule has 32 heavy (non-hydrogen) atoms. The summed E-state index contributed by atoms with van der Waals surface area (Å²) in [6.07, 6.45) is 5.83. The van der Waals surface area contributed by atoms with Crippen molar-refractivity contribution in [1.82, 2.24) is 9.88 Å². The maximum absolute atomic E-state index is 13.0. The van der Waals surface area contributed by atoms with Crippen molar-refractivity contribution in [2.45, 2.75) is 58.5 Å². The summed E-state index contributed by atoms with van der Waals surface area (Å²) in [4.78, 5) is 18.3. The van der Waals surface area contributed by atoms with Gasteiger partial charge in [0.1, 0.15) is 5.75 Å². The molecule has 5 nitrogen and oxygen atoms in total. The third-order valence-corrected chi connectivity index (χ3v) is 6.68. The molecule has 0 amide bonds. The van der Waals surface area contributed by atoms with Crippen LogP contribution in [0.15, 0.2) is 47.3 Å². The minimum Gasteiger partial charge on any atom is -0.497 e. The fourth-order valence-corrected chi connectivity index (χ4v) is 4.98. The monoisotopic (exact) mass is 449 g/mol. The Bertz CT molecular complexity index is 1160. The van der Waals surface area contributed by atoms with Crippen molar-refractivity contribution in [3.8, 4) is 5.75 Å². The van der Waals surface area contributed by atoms with E-state index < -0.39 is 0 Å². The number of anilines is 1. The number of ether oxygens (including phenoxy) is 1. The second kappa shape index (κ2) is 9.74. The minimum absolute atomic E-state index is 0.0458. The Labute approximate surface area is 194 Å². The Balaban J connectivity index is 1.63. The third-order valence-electron chi connectivity index (χ3n) is 6.35. The Morgan fingerprint density at radius 1 is 1.12 bits per heavy atom. The minimum atomic E-state index is -0.0458. The summed E-state index contributed by atoms with van der Waals surface area (Å²) in [7, 11) is 1.65. The predicted octanol–water partition coefficient (Wildman–Crippen LogP) is 5.69. The molecule has 0 aliphatic heterocycles. The number of aromatic amines is 1. The zero-order chi connectivity index (χ0) is 22.7. The first-order valence-electron chi connectivity index (χ1n) is 11.3. The van der Waals surface area contributed by atoms with Crippen molar-refractivity contribution < 1.29 is 4.74 Å². The van der Waals surface area contributed by atoms with Crippen molar-refractivity contribution in [3.63, 3.8) is 0 Å². The lowest BCUT2D eigenvalue weighted by atomic mass is 9.94. The summed E-state index contributed by atoms with van der Waals surface area (Å²) < 4.78 is 5.25. The van der Waals surface area contributed by atoms with Gasteiger partial charge in [-0.3, -0.25) is 4.79 Å². The summed E-state index contributed by atoms with van der Waals surface area (Å²) >= 11 is 5.85. The normalized spacial score (nSPS) is 14.3. The fraction of sp³-hybridized carbons (Fsp3) is 0.385. The van der Waals surface area contributed by atoms with E-state index in [1.165, 1.54) is 24.8 Å². The van der Waals surface area contributed by atoms with Gasteiger partial charge in [0.25, 0.3) is 5.56 Å². The Kier molecular flexibility index (Phi) is 6.80. The van der Waals surface area contributed by atoms with Crippen LogP contribution in [-0.2, 0) is 6.54 Å². The van der Waals surface area contributed by atoms with Crippen molar-refractivity contribution in [2.24, 2.45) is 0 Å². The number of rotatable bonds is 5. The van der Waals surface area contributed by atoms with Crippen LogP contribution in [0.3, 0.4) is 0 Å². The van der Waals surface area contributed by atoms with Gasteiger partial charge >= 0.3 is 0 Å². The highest BCUT2D eigenvalue weighted by molar-refractivity contribution is 7.80. The topological polar surface area (TPSA) is 57.4 Å². The first-order chi connectivity index (χ1) is 15.4. The summed E-state index contributed by atoms with van der Waals surface area (Å²) in [6.45, 7) is 4.63. The second-order valence-electron chi connectivity index (χ2n) is 8.75. The number of benzene rings is 2. The van der Waals surface area contributed by atoms with Crippen LogP contribution in [0.25, 0.3) is 10.9 Å². The fourth-order valence-electron chi connectivity index (χ4n) is 4.65. The first kappa shape index (κ1) is 22.3. The summed E-state index contributed by atoms with van der Waals surface area (Å²) in [5.41, 5.74) is 4.81. The maximum atomic E-state index is 13.0. The number of hydrogen-bond donors (Lipinski definition) is 2. The van der Waals surface area contributed by atoms with Crippen molar-refractivity contribution in [1.29, 1.82) is 0 Å². The summed E-state index contributed by atoms with van der Waals surface area (Å²) in [6, 6.07) is 14.3. The Hall–Kier alpha value is -2.86. The van der Waals surface area contributed by atoms with Gasteiger partial charge in [-0.05, 0) is 86.4 Å². The lowest BCUT2D eigenvalue weighted by molar-refractivity contribution is 0.240. The SMILES string of the molecule is COc1ccc(NC(=S)N(Cc2cc3c(C)cc(C)cc3[nH]c2=O)C2CCCCC2)cc1. The van der Waals surface area contributed by atoms with E-state index in [2.05, 4.69) is 28.2 Å². The highest BCUT2D eigenvalue weighted by Crippen LogP contribution is 2.26. The van der Waals surface area contributed by atoms with E-state index in [0.29, 0.717) is 17.7 Å². The van der Waals surface area contributed by atoms with Crippen LogP contribution in [-0.4, -0.2) is 28.1 Å². The molecule has 2 aromatic carbocycles. The quantitative estimate of drug-likeness (QED) is 0.491. The molecule has 0 radical (unpaired) electrons. The molecule has 4 rings (SSSR count). The molecule has 1 saturated carbocycles. The largest absolute Gasteiger partial charge is 0.497 e. The van der Waals surface area contributed by atoms with Crippen LogP contribution in [0, 0.1) is 13.8 Å². The summed E-state index contributed by atoms with van der Waals surface area (Å²) in [5.74, 6) is 0.805. The van der Waals surface area contributed by atoms with Crippen LogP contribution < -0.4 is 15.6 Å². The number of H-pyrrole nitrogens is 1. The van der Waals surface area contributed by atoms with E-state index >= 15 is 0 Å². The van der Waals surface area contributed by atoms with Gasteiger partial charge in [-0.1, -0.05) is 25.3 Å². The Morgan fingerprint density at radius 3 is 2.53 bits per heavy atom. The average Bonchev–Trinajstić information content (AvgIpc) is 2.78. The van der Waals surface area contributed by atoms with Gasteiger partial charge in [0.05, 0.1) is 13.7 Å². The Morgan fingerprint density at radius 2 is 1.84 bits per heavy atom. The lowest BCUT2D eigenvalue weighted by Gasteiger charge is -2.36. The first-order valence-corrected chi connectivity index (χ1v) is 11.7. The standard InChI is InChI=1S/C26H31N3O2S/c1-17-13-18(2)23-15-19(25(30)28-24(23)14-17)16-29(21-7-5-4-6-8-21)26(32)27-20-9-11-22(31-3)12-10-20/h9-15,21H,4-8,16H2,1-3H3,(H,27,32)(H,28,30). The number of aromatic nitrogens is 1. The molecule has 0 bridgehead atoms. The van der Waals surface area contributed by atoms with Gasteiger partial charge in [0.15, 0.2) is 5.11 Å². The molecule has 168 valence electrons. The molecule has 1 heterocycles. The summed E-state index contributed by atoms with van der Waals surface area (Å²) in [5, 5.41) is 5.12. The van der Waals surface area contributed by atoms with Gasteiger partial charge < -0.3 is 19.9 Å². The number of fused-ring (bicyclic) bond motifs is 1. The zero-order valence-corrected chi connectivity index (χ0v) is 19.8. The second-order valence-corrected chi connectivity index (χ2v) is 9.13. The molecular formula is C26H31N3O2S. The van der Waals surface area contributed by atoms with Crippen LogP contribution >= 0.6 is 12.2 Å². The molecule has 0 saturated heterocycles. The molecule has 2 N–H and O–H groups in total. The lowest BCUT2D eigenvalue weighted by Crippen LogP contribution is -2.44. The van der Waals surface area contributed by atoms with E-state index in [1.54, 1.807) is 7.11 Å². The van der Waals surface area contributed by atoms with Gasteiger partial charge in [0.2, 0.25) is 0 Å². The van der Waals surface area contributed by atoms with E-state index in [-0.39, 0.29) is 5.56 Å². The number of aryl methyl sites for hydroxylation is 2. The van der Waals surface area contributed by atoms with E-state index in [4.69, 9.17) is 17.0 Å². The molecular weight excluding hydrogens is 418 g/mol. The van der Waals surface area contributed by atoms with Crippen LogP contribution in [0.5, 0.6) is 5.75 Å². The molecule has 1 aliphatic carbocycles. The van der Waals surface area contributed by atoms with Crippen LogP contribution in [0.2, 0.25) is 0 Å². The highest BCUT2D eigenvalue weighted by Gasteiger charge is 2.24. The van der Waals surface area contributed by atoms with Gasteiger partial charge in [-0.25, -0.2) is 0 Å². The number of thiocarbonyl (C=S) groups is 1. The number of nitrogens with zero attached hydrogens (tertiary/aromatic N) is 1. The van der Waals surface area contributed by atoms with Crippen molar-refractivity contribution in [3.05, 3.63) is 69.5 Å². The number of methoxy groups -OCH3 is 1. The van der Waals surface area contributed by atoms with E-state index in [1.807, 2.05) is 43.3 Å². The van der Waals surface area contributed by atoms with Crippen LogP contribution in [0.4, 0.5) is 5.69 Å². The number of nitrogens with one attached hydrogen (secondary N) is 2. The predicted molar refractivity (Wildman–Crippen MR) is 136 cm³/mol. The molecule has 1 fully saturated rings. The molecule has 0 atom stereocenters. The van der Waals surface area contributed by atoms with E-state index in [9.17, 15) is 4.79 Å². The van der Waals surface area contributed by atoms with Gasteiger partial charge in [0, 0.05) is 28.2 Å². The molecule has 6 heteroatoms. The van der Waals surface area contributed by atoms with E-state index in [0.717, 1.165) is 46.3 Å². The number of hydrogen-bond acceptors (Lipinski definition) is 3. The zero-order valence-electron chi connectivity index (χ0n) is 19.0. The highest BCUT2D eigenvalue weighted by atomic mass is 32.1. The van der Waals surface area contributed by atoms with Crippen LogP contribution in [0.1, 0.15) is 48.8 Å². The molecule has 3 aromatic rings. The molecule has 1 aromatic heterocycles. The average molecular weight is 450 g/mol. The third kappa shape index (κ3) is 4.96. The smallest absolute Gasteiger partial charge is 0.253 e. The number of pyridine rings is 1. The van der Waals surface area contributed by atoms with Crippen molar-refractivity contribution >= 4 is 33.9 Å². The van der Waals surface area contributed by atoms with Gasteiger partial charge in [-0.15, -0.1) is 0 Å². The maximum Gasteiger partial charge on any atom is 0.253 e.